The van der Waals surface area contributed by atoms with Crippen molar-refractivity contribution in [2.75, 3.05) is 18.1 Å². The van der Waals surface area contributed by atoms with Gasteiger partial charge in [-0.3, -0.25) is 0 Å². The maximum absolute atomic E-state index is 10.6. The number of halogens is 1. The number of alkyl halides is 1. The van der Waals surface area contributed by atoms with Crippen LogP contribution in [0.3, 0.4) is 0 Å². The van der Waals surface area contributed by atoms with Crippen LogP contribution in [0, 0.1) is 0 Å². The first kappa shape index (κ1) is 8.22. The molecular formula is C5H9INO3-. The first-order valence-electron chi connectivity index (χ1n) is 2.78. The van der Waals surface area contributed by atoms with Crippen LogP contribution in [0.5, 0.6) is 0 Å². The van der Waals surface area contributed by atoms with E-state index in [2.05, 4.69) is 3.53 Å². The summed E-state index contributed by atoms with van der Waals surface area (Å²) in [6, 6.07) is 0. The van der Waals surface area contributed by atoms with Gasteiger partial charge in [0.1, 0.15) is 0 Å². The minimum atomic E-state index is -0.791. The van der Waals surface area contributed by atoms with Gasteiger partial charge in [-0.2, -0.15) is 0 Å². The molecule has 0 atom stereocenters. The molecular weight excluding hydrogens is 249 g/mol. The van der Waals surface area contributed by atoms with Crippen molar-refractivity contribution in [3.8, 4) is 0 Å². The molecule has 1 aliphatic heterocycles. The van der Waals surface area contributed by atoms with Crippen molar-refractivity contribution in [1.82, 2.24) is 3.53 Å². The molecule has 0 saturated carbocycles. The van der Waals surface area contributed by atoms with Gasteiger partial charge in [0.15, 0.2) is 0 Å². The summed E-state index contributed by atoms with van der Waals surface area (Å²) in [6.07, 6.45) is 0. The Bertz CT molecular complexity index is 146. The van der Waals surface area contributed by atoms with Crippen LogP contribution in [0.4, 0.5) is 0 Å². The summed E-state index contributed by atoms with van der Waals surface area (Å²) in [5.74, 6) is -0.791. The summed E-state index contributed by atoms with van der Waals surface area (Å²) in [6.45, 7) is 0.631. The summed E-state index contributed by atoms with van der Waals surface area (Å²) >= 11 is -0.182. The van der Waals surface area contributed by atoms with Crippen molar-refractivity contribution in [3.63, 3.8) is 0 Å². The maximum atomic E-state index is 10.6. The standard InChI is InChI=1S/C5H9INO3/c1-6-7-5(4(8)9)2-10-3-5/h7H,2-3H2,1H3,(H,8,9)/q-1. The van der Waals surface area contributed by atoms with Gasteiger partial charge in [-0.15, -0.1) is 0 Å². The molecule has 10 heavy (non-hydrogen) atoms. The first-order valence-corrected chi connectivity index (χ1v) is 6.02. The number of aliphatic carboxylic acids is 1. The molecule has 0 unspecified atom stereocenters. The minimum absolute atomic E-state index is 0.182. The average molecular weight is 258 g/mol. The Morgan fingerprint density at radius 3 is 2.50 bits per heavy atom. The van der Waals surface area contributed by atoms with Crippen LogP contribution in [0.15, 0.2) is 0 Å². The SMILES string of the molecule is C[I-]NC1(C(=O)O)COC1. The fourth-order valence-corrected chi connectivity index (χ4v) is 2.28. The quantitative estimate of drug-likeness (QED) is 0.308. The van der Waals surface area contributed by atoms with Crippen LogP contribution in [-0.2, 0) is 9.53 Å². The van der Waals surface area contributed by atoms with Crippen LogP contribution in [-0.4, -0.2) is 34.8 Å². The fourth-order valence-electron chi connectivity index (χ4n) is 0.706. The van der Waals surface area contributed by atoms with Crippen molar-refractivity contribution in [2.45, 2.75) is 5.54 Å². The molecule has 1 saturated heterocycles. The molecule has 1 fully saturated rings. The second-order valence-electron chi connectivity index (χ2n) is 2.16. The molecule has 0 aromatic carbocycles. The molecule has 0 aromatic rings. The van der Waals surface area contributed by atoms with Crippen LogP contribution in [0.25, 0.3) is 0 Å². The van der Waals surface area contributed by atoms with E-state index in [-0.39, 0.29) is 21.5 Å². The van der Waals surface area contributed by atoms with Gasteiger partial charge in [-0.1, -0.05) is 0 Å². The normalized spacial score (nSPS) is 22.1. The van der Waals surface area contributed by atoms with E-state index in [1.807, 2.05) is 4.93 Å². The Morgan fingerprint density at radius 2 is 2.40 bits per heavy atom. The van der Waals surface area contributed by atoms with E-state index in [1.165, 1.54) is 0 Å². The number of ether oxygens (including phenoxy) is 1. The number of rotatable bonds is 3. The van der Waals surface area contributed by atoms with Crippen molar-refractivity contribution in [3.05, 3.63) is 0 Å². The van der Waals surface area contributed by atoms with E-state index < -0.39 is 11.5 Å². The van der Waals surface area contributed by atoms with E-state index in [4.69, 9.17) is 9.84 Å². The molecule has 0 amide bonds. The van der Waals surface area contributed by atoms with Crippen LogP contribution >= 0.6 is 0 Å². The average Bonchev–Trinajstić information content (AvgIpc) is 1.77. The Hall–Kier alpha value is 0.120. The third kappa shape index (κ3) is 1.25. The van der Waals surface area contributed by atoms with E-state index in [1.54, 1.807) is 0 Å². The molecule has 0 spiro atoms. The Morgan fingerprint density at radius 1 is 1.80 bits per heavy atom. The fraction of sp³-hybridized carbons (Fsp3) is 0.800. The molecule has 1 heterocycles. The van der Waals surface area contributed by atoms with Gasteiger partial charge in [0.2, 0.25) is 0 Å². The van der Waals surface area contributed by atoms with Crippen molar-refractivity contribution in [1.29, 1.82) is 0 Å². The van der Waals surface area contributed by atoms with Gasteiger partial charge in [0.05, 0.1) is 0 Å². The summed E-state index contributed by atoms with van der Waals surface area (Å²) in [5, 5.41) is 8.69. The van der Waals surface area contributed by atoms with E-state index >= 15 is 0 Å². The van der Waals surface area contributed by atoms with Crippen molar-refractivity contribution < 1.29 is 36.1 Å². The number of carbonyl (C=O) groups is 1. The molecule has 0 aliphatic carbocycles. The van der Waals surface area contributed by atoms with Crippen molar-refractivity contribution in [2.24, 2.45) is 0 Å². The van der Waals surface area contributed by atoms with Gasteiger partial charge in [0.25, 0.3) is 0 Å². The van der Waals surface area contributed by atoms with Crippen LogP contribution < -0.4 is 25.0 Å². The zero-order chi connectivity index (χ0) is 7.61. The number of hydrogen-bond donors (Lipinski definition) is 2. The number of carboxylic acid groups (broad SMARTS) is 1. The van der Waals surface area contributed by atoms with Gasteiger partial charge in [-0.25, -0.2) is 0 Å². The van der Waals surface area contributed by atoms with E-state index in [0.29, 0.717) is 13.2 Å². The zero-order valence-corrected chi connectivity index (χ0v) is 7.71. The molecule has 0 radical (unpaired) electrons. The van der Waals surface area contributed by atoms with E-state index in [0.717, 1.165) is 0 Å². The van der Waals surface area contributed by atoms with Crippen LogP contribution in [0.1, 0.15) is 0 Å². The predicted octanol–water partition coefficient (Wildman–Crippen LogP) is -3.94. The molecule has 4 nitrogen and oxygen atoms in total. The molecule has 0 aromatic heterocycles. The zero-order valence-electron chi connectivity index (χ0n) is 5.56. The van der Waals surface area contributed by atoms with E-state index in [9.17, 15) is 4.79 Å². The second kappa shape index (κ2) is 3.02. The molecule has 2 N–H and O–H groups in total. The summed E-state index contributed by atoms with van der Waals surface area (Å²) in [5.41, 5.74) is -0.734. The Labute approximate surface area is 69.6 Å². The van der Waals surface area contributed by atoms with Gasteiger partial charge in [-0.05, 0) is 0 Å². The topological polar surface area (TPSA) is 58.6 Å². The molecule has 60 valence electrons. The summed E-state index contributed by atoms with van der Waals surface area (Å²) in [4.78, 5) is 12.6. The van der Waals surface area contributed by atoms with Gasteiger partial charge in [0, 0.05) is 0 Å². The molecule has 0 bridgehead atoms. The molecule has 1 rings (SSSR count). The second-order valence-corrected chi connectivity index (χ2v) is 3.78. The number of carboxylic acids is 1. The van der Waals surface area contributed by atoms with Gasteiger partial charge < -0.3 is 0 Å². The number of nitrogens with one attached hydrogen (secondary N) is 1. The summed E-state index contributed by atoms with van der Waals surface area (Å²) in [7, 11) is 0. The summed E-state index contributed by atoms with van der Waals surface area (Å²) < 4.78 is 7.81. The monoisotopic (exact) mass is 258 g/mol. The third-order valence-corrected chi connectivity index (χ3v) is 2.95. The van der Waals surface area contributed by atoms with Crippen molar-refractivity contribution >= 4 is 5.97 Å². The van der Waals surface area contributed by atoms with Gasteiger partial charge >= 0.3 is 69.3 Å². The Balaban J connectivity index is 2.50. The predicted molar refractivity (Wildman–Crippen MR) is 30.2 cm³/mol. The molecule has 5 heteroatoms. The third-order valence-electron chi connectivity index (χ3n) is 1.38. The number of hydrogen-bond acceptors (Lipinski definition) is 3. The molecule has 1 aliphatic rings. The van der Waals surface area contributed by atoms with Crippen LogP contribution in [0.2, 0.25) is 0 Å². The first-order chi connectivity index (χ1) is 4.71. The Kier molecular flexibility index (Phi) is 2.48.